The molecule has 1 atom stereocenters. The molecule has 0 bridgehead atoms. The maximum Gasteiger partial charge on any atom is 0.208 e. The molecular formula is C12H20N2O2S. The zero-order valence-corrected chi connectivity index (χ0v) is 11.6. The normalized spacial score (nSPS) is 13.4. The number of hydrogen-bond acceptors (Lipinski definition) is 3. The monoisotopic (exact) mass is 256 g/mol. The van der Waals surface area contributed by atoms with Crippen LogP contribution in [0.4, 0.5) is 5.69 Å². The van der Waals surface area contributed by atoms with E-state index < -0.39 is 10.0 Å². The Morgan fingerprint density at radius 3 is 2.18 bits per heavy atom. The molecule has 17 heavy (non-hydrogen) atoms. The van der Waals surface area contributed by atoms with Crippen molar-refractivity contribution in [3.05, 3.63) is 29.8 Å². The van der Waals surface area contributed by atoms with E-state index in [0.717, 1.165) is 11.3 Å². The van der Waals surface area contributed by atoms with Gasteiger partial charge in [-0.1, -0.05) is 12.1 Å². The summed E-state index contributed by atoms with van der Waals surface area (Å²) < 4.78 is 24.7. The van der Waals surface area contributed by atoms with E-state index in [9.17, 15) is 8.42 Å². The van der Waals surface area contributed by atoms with Crippen LogP contribution in [0.5, 0.6) is 0 Å². The second-order valence-electron chi connectivity index (χ2n) is 4.56. The Balaban J connectivity index is 2.63. The molecule has 1 aromatic rings. The van der Waals surface area contributed by atoms with Crippen LogP contribution in [0.2, 0.25) is 0 Å². The molecule has 96 valence electrons. The smallest absolute Gasteiger partial charge is 0.208 e. The molecule has 0 aliphatic carbocycles. The molecule has 0 saturated heterocycles. The first-order valence-corrected chi connectivity index (χ1v) is 7.40. The van der Waals surface area contributed by atoms with Crippen molar-refractivity contribution in [2.45, 2.75) is 19.4 Å². The highest BCUT2D eigenvalue weighted by atomic mass is 32.2. The lowest BCUT2D eigenvalue weighted by atomic mass is 10.1. The first kappa shape index (κ1) is 14.0. The van der Waals surface area contributed by atoms with E-state index >= 15 is 0 Å². The Morgan fingerprint density at radius 1 is 1.24 bits per heavy atom. The van der Waals surface area contributed by atoms with Gasteiger partial charge in [-0.05, 0) is 31.0 Å². The molecule has 4 nitrogen and oxygen atoms in total. The number of nitrogens with zero attached hydrogens (tertiary/aromatic N) is 1. The molecule has 0 amide bonds. The van der Waals surface area contributed by atoms with Crippen LogP contribution in [0.25, 0.3) is 0 Å². The molecule has 0 spiro atoms. The Labute approximate surface area is 104 Å². The van der Waals surface area contributed by atoms with Crippen LogP contribution < -0.4 is 9.62 Å². The largest absolute Gasteiger partial charge is 0.378 e. The fourth-order valence-corrected chi connectivity index (χ4v) is 2.51. The fraction of sp³-hybridized carbons (Fsp3) is 0.500. The lowest BCUT2D eigenvalue weighted by molar-refractivity contribution is 0.565. The Morgan fingerprint density at radius 2 is 1.76 bits per heavy atom. The van der Waals surface area contributed by atoms with Crippen LogP contribution in [0.3, 0.4) is 0 Å². The molecule has 0 aliphatic rings. The van der Waals surface area contributed by atoms with Gasteiger partial charge < -0.3 is 4.90 Å². The number of rotatable bonds is 5. The molecule has 0 radical (unpaired) electrons. The van der Waals surface area contributed by atoms with Gasteiger partial charge in [0.25, 0.3) is 0 Å². The Kier molecular flexibility index (Phi) is 4.54. The zero-order valence-electron chi connectivity index (χ0n) is 10.8. The van der Waals surface area contributed by atoms with Crippen molar-refractivity contribution in [1.29, 1.82) is 0 Å². The van der Waals surface area contributed by atoms with E-state index in [1.165, 1.54) is 6.26 Å². The van der Waals surface area contributed by atoms with Crippen molar-refractivity contribution in [2.75, 3.05) is 25.3 Å². The van der Waals surface area contributed by atoms with Crippen molar-refractivity contribution in [3.63, 3.8) is 0 Å². The summed E-state index contributed by atoms with van der Waals surface area (Å²) in [5.74, 6) is 0. The highest BCUT2D eigenvalue weighted by Gasteiger charge is 2.09. The van der Waals surface area contributed by atoms with E-state index in [1.54, 1.807) is 0 Å². The average Bonchev–Trinajstić information content (AvgIpc) is 2.15. The second-order valence-corrected chi connectivity index (χ2v) is 6.34. The molecular weight excluding hydrogens is 236 g/mol. The van der Waals surface area contributed by atoms with Gasteiger partial charge in [-0.25, -0.2) is 13.1 Å². The second kappa shape index (κ2) is 5.51. The van der Waals surface area contributed by atoms with Gasteiger partial charge in [-0.3, -0.25) is 0 Å². The predicted molar refractivity (Wildman–Crippen MR) is 71.9 cm³/mol. The standard InChI is InChI=1S/C12H20N2O2S/c1-10(13-17(4,15)16)9-11-5-7-12(8-6-11)14(2)3/h5-8,10,13H,9H2,1-4H3/t10-/m1/s1. The van der Waals surface area contributed by atoms with E-state index in [2.05, 4.69) is 4.72 Å². The van der Waals surface area contributed by atoms with E-state index in [0.29, 0.717) is 6.42 Å². The fourth-order valence-electron chi connectivity index (χ4n) is 1.69. The Bertz CT molecular complexity index is 452. The third kappa shape index (κ3) is 5.19. The molecule has 0 aromatic heterocycles. The van der Waals surface area contributed by atoms with Crippen LogP contribution >= 0.6 is 0 Å². The molecule has 5 heteroatoms. The predicted octanol–water partition coefficient (Wildman–Crippen LogP) is 1.23. The third-order valence-electron chi connectivity index (χ3n) is 2.41. The summed E-state index contributed by atoms with van der Waals surface area (Å²) in [6.07, 6.45) is 1.87. The van der Waals surface area contributed by atoms with Gasteiger partial charge in [0.1, 0.15) is 0 Å². The minimum atomic E-state index is -3.12. The van der Waals surface area contributed by atoms with Crippen molar-refractivity contribution < 1.29 is 8.42 Å². The summed E-state index contributed by atoms with van der Waals surface area (Å²) in [6.45, 7) is 1.86. The van der Waals surface area contributed by atoms with Crippen LogP contribution in [0, 0.1) is 0 Å². The van der Waals surface area contributed by atoms with E-state index in [1.807, 2.05) is 50.2 Å². The van der Waals surface area contributed by atoms with Gasteiger partial charge in [-0.2, -0.15) is 0 Å². The van der Waals surface area contributed by atoms with Gasteiger partial charge in [0.15, 0.2) is 0 Å². The summed E-state index contributed by atoms with van der Waals surface area (Å²) in [5.41, 5.74) is 2.26. The van der Waals surface area contributed by atoms with E-state index in [4.69, 9.17) is 0 Å². The van der Waals surface area contributed by atoms with Gasteiger partial charge in [0, 0.05) is 25.8 Å². The SMILES string of the molecule is C[C@H](Cc1ccc(N(C)C)cc1)NS(C)(=O)=O. The number of sulfonamides is 1. The number of hydrogen-bond donors (Lipinski definition) is 1. The third-order valence-corrected chi connectivity index (χ3v) is 3.24. The quantitative estimate of drug-likeness (QED) is 0.862. The van der Waals surface area contributed by atoms with Crippen LogP contribution in [-0.4, -0.2) is 34.8 Å². The van der Waals surface area contributed by atoms with Crippen LogP contribution in [-0.2, 0) is 16.4 Å². The highest BCUT2D eigenvalue weighted by molar-refractivity contribution is 7.88. The summed E-state index contributed by atoms with van der Waals surface area (Å²) in [6, 6.07) is 8.02. The van der Waals surface area contributed by atoms with Crippen LogP contribution in [0.1, 0.15) is 12.5 Å². The molecule has 1 rings (SSSR count). The molecule has 0 unspecified atom stereocenters. The molecule has 1 N–H and O–H groups in total. The summed E-state index contributed by atoms with van der Waals surface area (Å²) in [4.78, 5) is 2.03. The van der Waals surface area contributed by atoms with E-state index in [-0.39, 0.29) is 6.04 Å². The van der Waals surface area contributed by atoms with Crippen molar-refractivity contribution in [2.24, 2.45) is 0 Å². The van der Waals surface area contributed by atoms with Gasteiger partial charge in [-0.15, -0.1) is 0 Å². The highest BCUT2D eigenvalue weighted by Crippen LogP contribution is 2.13. The molecule has 1 aromatic carbocycles. The first-order chi connectivity index (χ1) is 7.78. The number of benzene rings is 1. The topological polar surface area (TPSA) is 49.4 Å². The lowest BCUT2D eigenvalue weighted by Crippen LogP contribution is -2.33. The Hall–Kier alpha value is -1.07. The van der Waals surface area contributed by atoms with Crippen molar-refractivity contribution in [3.8, 4) is 0 Å². The van der Waals surface area contributed by atoms with Gasteiger partial charge in [0.2, 0.25) is 10.0 Å². The number of nitrogens with one attached hydrogen (secondary N) is 1. The van der Waals surface area contributed by atoms with Crippen LogP contribution in [0.15, 0.2) is 24.3 Å². The lowest BCUT2D eigenvalue weighted by Gasteiger charge is -2.15. The molecule has 0 saturated carbocycles. The molecule has 0 heterocycles. The maximum absolute atomic E-state index is 11.1. The van der Waals surface area contributed by atoms with Gasteiger partial charge in [0.05, 0.1) is 6.26 Å². The maximum atomic E-state index is 11.1. The summed E-state index contributed by atoms with van der Waals surface area (Å²) >= 11 is 0. The minimum absolute atomic E-state index is 0.0878. The minimum Gasteiger partial charge on any atom is -0.378 e. The molecule has 0 fully saturated rings. The number of anilines is 1. The van der Waals surface area contributed by atoms with Crippen molar-refractivity contribution >= 4 is 15.7 Å². The van der Waals surface area contributed by atoms with Gasteiger partial charge >= 0.3 is 0 Å². The zero-order chi connectivity index (χ0) is 13.1. The first-order valence-electron chi connectivity index (χ1n) is 5.51. The molecule has 0 aliphatic heterocycles. The summed E-state index contributed by atoms with van der Waals surface area (Å²) in [7, 11) is 0.855. The average molecular weight is 256 g/mol. The van der Waals surface area contributed by atoms with Crippen molar-refractivity contribution in [1.82, 2.24) is 4.72 Å². The summed E-state index contributed by atoms with van der Waals surface area (Å²) in [5, 5.41) is 0.